The topological polar surface area (TPSA) is 256 Å². The van der Waals surface area contributed by atoms with E-state index in [0.717, 1.165) is 0 Å². The minimum Gasteiger partial charge on any atom is -2.00 e. The monoisotopic (exact) mass is 424 g/mol. The maximum absolute atomic E-state index is 0. The van der Waals surface area contributed by atoms with Gasteiger partial charge in [-0.15, -0.1) is 0 Å². The average Bonchev–Trinajstić information content (AvgIpc) is 0. The first-order chi connectivity index (χ1) is 0. The van der Waals surface area contributed by atoms with Crippen molar-refractivity contribution in [3.63, 3.8) is 0 Å². The second-order valence-electron chi connectivity index (χ2n) is 0. The first-order valence-corrected chi connectivity index (χ1v) is 0. The van der Waals surface area contributed by atoms with E-state index in [4.69, 9.17) is 0 Å². The standard InChI is InChI=1S/2Co.2Li.2Na.9O.2V/q2*+2;4*+1;9*-2;;. The van der Waals surface area contributed by atoms with Crippen LogP contribution in [0.1, 0.15) is 0 Å². The second kappa shape index (κ2) is 335. The molecule has 0 N–H and O–H groups in total. The summed E-state index contributed by atoms with van der Waals surface area (Å²) in [6, 6.07) is 0. The summed E-state index contributed by atoms with van der Waals surface area (Å²) in [6.07, 6.45) is 0. The molecule has 0 aliphatic carbocycles. The molecule has 4 radical (unpaired) electrons. The van der Waals surface area contributed by atoms with Crippen LogP contribution in [0.3, 0.4) is 0 Å². The summed E-state index contributed by atoms with van der Waals surface area (Å²) in [4.78, 5) is 0. The summed E-state index contributed by atoms with van der Waals surface area (Å²) in [5.41, 5.74) is 0. The first-order valence-electron chi connectivity index (χ1n) is 0. The van der Waals surface area contributed by atoms with Gasteiger partial charge in [0.25, 0.3) is 0 Å². The van der Waals surface area contributed by atoms with Crippen molar-refractivity contribution in [1.29, 1.82) is 0 Å². The number of hydrogen-bond donors (Lipinski definition) is 0. The van der Waals surface area contributed by atoms with Gasteiger partial charge in [-0.3, -0.25) is 0 Å². The van der Waals surface area contributed by atoms with E-state index in [2.05, 4.69) is 0 Å². The van der Waals surface area contributed by atoms with E-state index in [1.165, 1.54) is 0 Å². The molecule has 0 amide bonds. The van der Waals surface area contributed by atoms with Crippen molar-refractivity contribution in [3.05, 3.63) is 0 Å². The largest absolute Gasteiger partial charge is 2.00 e. The van der Waals surface area contributed by atoms with Gasteiger partial charge in [0, 0.05) is 37.1 Å². The van der Waals surface area contributed by atoms with Crippen molar-refractivity contribution in [2.45, 2.75) is 0 Å². The third kappa shape index (κ3) is 302. The van der Waals surface area contributed by atoms with E-state index < -0.39 is 0 Å². The van der Waals surface area contributed by atoms with Gasteiger partial charge >= 0.3 is 130 Å². The molecule has 9 nitrogen and oxygen atoms in total. The maximum Gasteiger partial charge on any atom is 2.00 e. The van der Waals surface area contributed by atoms with Crippen LogP contribution in [0.4, 0.5) is 0 Å². The molecule has 0 unspecified atom stereocenters. The van der Waals surface area contributed by atoms with Gasteiger partial charge in [0.2, 0.25) is 0 Å². The summed E-state index contributed by atoms with van der Waals surface area (Å²) >= 11 is 0. The van der Waals surface area contributed by atoms with Gasteiger partial charge in [-0.1, -0.05) is 0 Å². The molecule has 0 spiro atoms. The quantitative estimate of drug-likeness (QED) is 0.329. The Kier molecular flexibility index (Phi) is 7610. The minimum atomic E-state index is 0. The van der Waals surface area contributed by atoms with Gasteiger partial charge < -0.3 is 49.3 Å². The van der Waals surface area contributed by atoms with Crippen molar-refractivity contribution >= 4 is 0 Å². The Hall–Kier alpha value is 5.02. The van der Waals surface area contributed by atoms with E-state index in [1.54, 1.807) is 0 Å². The molecule has 0 aromatic carbocycles. The summed E-state index contributed by atoms with van der Waals surface area (Å²) in [5.74, 6) is 0. The van der Waals surface area contributed by atoms with E-state index in [0.29, 0.717) is 0 Å². The van der Waals surface area contributed by atoms with Crippen molar-refractivity contribution < 1.29 is 217 Å². The zero-order chi connectivity index (χ0) is 0. The number of hydrogen-bond acceptors (Lipinski definition) is 0. The average molecular weight is 424 g/mol. The fourth-order valence-electron chi connectivity index (χ4n) is 0. The maximum atomic E-state index is 0. The first kappa shape index (κ1) is 386. The predicted octanol–water partition coefficient (Wildman–Crippen LogP) is -13.1. The molecule has 0 rings (SSSR count). The Bertz CT molecular complexity index is 33.0. The van der Waals surface area contributed by atoms with Crippen LogP contribution < -0.4 is 96.8 Å². The zero-order valence-corrected chi connectivity index (χ0v) is 18.1. The molecule has 0 bridgehead atoms. The predicted molar refractivity (Wildman–Crippen MR) is 6.18 cm³/mol. The molecule has 0 aromatic heterocycles. The molecular formula is Co2Li2Na2O9V2-10. The Morgan fingerprint density at radius 2 is 0.294 bits per heavy atom. The molecule has 17 heavy (non-hydrogen) atoms. The van der Waals surface area contributed by atoms with Crippen molar-refractivity contribution in [2.24, 2.45) is 0 Å². The van der Waals surface area contributed by atoms with Gasteiger partial charge in [-0.05, 0) is 0 Å². The molecule has 0 heterocycles. The third-order valence-corrected chi connectivity index (χ3v) is 0. The van der Waals surface area contributed by atoms with E-state index in [-0.39, 0.29) is 217 Å². The van der Waals surface area contributed by atoms with Gasteiger partial charge in [-0.2, -0.15) is 0 Å². The zero-order valence-electron chi connectivity index (χ0n) is 9.24. The normalized spacial score (nSPS) is 0. The second-order valence-corrected chi connectivity index (χ2v) is 0. The van der Waals surface area contributed by atoms with Crippen LogP contribution in [0.25, 0.3) is 0 Å². The van der Waals surface area contributed by atoms with Gasteiger partial charge in [0.1, 0.15) is 0 Å². The molecule has 0 saturated carbocycles. The molecule has 96 valence electrons. The molecule has 0 aliphatic rings. The van der Waals surface area contributed by atoms with Crippen LogP contribution in [-0.2, 0) is 120 Å². The Balaban J connectivity index is 0. The molecule has 0 aromatic rings. The fourth-order valence-corrected chi connectivity index (χ4v) is 0. The summed E-state index contributed by atoms with van der Waals surface area (Å²) < 4.78 is 0. The summed E-state index contributed by atoms with van der Waals surface area (Å²) in [5, 5.41) is 0. The van der Waals surface area contributed by atoms with Crippen LogP contribution in [0.2, 0.25) is 0 Å². The third-order valence-electron chi connectivity index (χ3n) is 0. The van der Waals surface area contributed by atoms with Crippen LogP contribution in [0.15, 0.2) is 0 Å². The van der Waals surface area contributed by atoms with Crippen LogP contribution in [0, 0.1) is 0 Å². The Labute approximate surface area is 213 Å². The molecule has 0 atom stereocenters. The Morgan fingerprint density at radius 3 is 0.294 bits per heavy atom. The van der Waals surface area contributed by atoms with Crippen LogP contribution in [-0.4, -0.2) is 0 Å². The van der Waals surface area contributed by atoms with Gasteiger partial charge in [0.05, 0.1) is 0 Å². The van der Waals surface area contributed by atoms with Crippen molar-refractivity contribution in [1.82, 2.24) is 0 Å². The molecule has 0 fully saturated rings. The van der Waals surface area contributed by atoms with Crippen LogP contribution >= 0.6 is 0 Å². The summed E-state index contributed by atoms with van der Waals surface area (Å²) in [7, 11) is 0. The van der Waals surface area contributed by atoms with E-state index in [9.17, 15) is 0 Å². The van der Waals surface area contributed by atoms with Crippen LogP contribution in [0.5, 0.6) is 0 Å². The Morgan fingerprint density at radius 1 is 0.294 bits per heavy atom. The SMILES string of the molecule is [Co+2].[Co+2].[Li+].[Li+].[Na+].[Na+].[O-2].[O-2].[O-2].[O-2].[O-2].[O-2].[O-2].[O-2].[O-2].[V].[V]. The molecule has 0 saturated heterocycles. The number of rotatable bonds is 0. The smallest absolute Gasteiger partial charge is 2.00 e. The summed E-state index contributed by atoms with van der Waals surface area (Å²) in [6.45, 7) is 0. The molecule has 0 aliphatic heterocycles. The fraction of sp³-hybridized carbons (Fsp3) is 0. The van der Waals surface area contributed by atoms with Gasteiger partial charge in [0.15, 0.2) is 0 Å². The van der Waals surface area contributed by atoms with E-state index in [1.807, 2.05) is 0 Å². The van der Waals surface area contributed by atoms with Crippen molar-refractivity contribution in [2.75, 3.05) is 0 Å². The van der Waals surface area contributed by atoms with E-state index >= 15 is 0 Å². The molecule has 17 heteroatoms. The van der Waals surface area contributed by atoms with Gasteiger partial charge in [-0.25, -0.2) is 0 Å². The minimum absolute atomic E-state index is 0. The molecular weight excluding hydrogens is 424 g/mol. The van der Waals surface area contributed by atoms with Crippen molar-refractivity contribution in [3.8, 4) is 0 Å².